The van der Waals surface area contributed by atoms with Gasteiger partial charge in [0, 0.05) is 36.6 Å². The molecule has 1 aliphatic heterocycles. The number of aromatic nitrogens is 1. The molecule has 0 unspecified atom stereocenters. The van der Waals surface area contributed by atoms with Crippen molar-refractivity contribution in [3.63, 3.8) is 0 Å². The molecule has 0 radical (unpaired) electrons. The van der Waals surface area contributed by atoms with Crippen LogP contribution in [0.2, 0.25) is 0 Å². The molecule has 1 aliphatic rings. The molecular formula is C19H26N6O2. The minimum absolute atomic E-state index is 0.409. The molecule has 8 heteroatoms. The van der Waals surface area contributed by atoms with Crippen molar-refractivity contribution in [1.82, 2.24) is 9.88 Å². The van der Waals surface area contributed by atoms with Gasteiger partial charge < -0.3 is 30.5 Å². The van der Waals surface area contributed by atoms with E-state index in [1.807, 2.05) is 24.0 Å². The third kappa shape index (κ3) is 4.66. The van der Waals surface area contributed by atoms with Gasteiger partial charge in [0.1, 0.15) is 17.4 Å². The lowest BCUT2D eigenvalue weighted by atomic mass is 10.1. The predicted octanol–water partition coefficient (Wildman–Crippen LogP) is 2.56. The molecule has 1 aromatic heterocycles. The Balaban J connectivity index is 2.18. The maximum absolute atomic E-state index is 7.46. The summed E-state index contributed by atoms with van der Waals surface area (Å²) in [5.41, 5.74) is 7.60. The zero-order chi connectivity index (χ0) is 20.0. The Kier molecular flexibility index (Phi) is 6.59. The minimum atomic E-state index is 0.409. The Morgan fingerprint density at radius 2 is 2.15 bits per heavy atom. The number of nitrogens with one attached hydrogen (secondary N) is 1. The molecule has 0 aromatic carbocycles. The summed E-state index contributed by atoms with van der Waals surface area (Å²) in [7, 11) is 1.54. The molecule has 2 rings (SSSR count). The third-order valence-electron chi connectivity index (χ3n) is 4.01. The fraction of sp³-hybridized carbons (Fsp3) is 0.316. The molecule has 1 saturated heterocycles. The van der Waals surface area contributed by atoms with Crippen LogP contribution >= 0.6 is 0 Å². The summed E-state index contributed by atoms with van der Waals surface area (Å²) in [4.78, 5) is 13.8. The van der Waals surface area contributed by atoms with Crippen LogP contribution in [0.15, 0.2) is 48.2 Å². The summed E-state index contributed by atoms with van der Waals surface area (Å²) in [6, 6.07) is 3.71. The van der Waals surface area contributed by atoms with Crippen LogP contribution in [0.4, 0.5) is 5.82 Å². The Morgan fingerprint density at radius 1 is 1.41 bits per heavy atom. The van der Waals surface area contributed by atoms with Gasteiger partial charge in [-0.2, -0.15) is 4.98 Å². The minimum Gasteiger partial charge on any atom is -0.480 e. The molecule has 0 atom stereocenters. The second-order valence-corrected chi connectivity index (χ2v) is 6.10. The van der Waals surface area contributed by atoms with Crippen molar-refractivity contribution in [3.05, 3.63) is 48.6 Å². The highest BCUT2D eigenvalue weighted by Crippen LogP contribution is 2.29. The zero-order valence-corrected chi connectivity index (χ0v) is 16.0. The number of rotatable bonds is 8. The van der Waals surface area contributed by atoms with E-state index in [0.29, 0.717) is 29.3 Å². The second kappa shape index (κ2) is 8.88. The molecule has 2 heterocycles. The summed E-state index contributed by atoms with van der Waals surface area (Å²) in [6.45, 7) is 13.6. The van der Waals surface area contributed by atoms with E-state index in [4.69, 9.17) is 20.7 Å². The van der Waals surface area contributed by atoms with Gasteiger partial charge in [-0.05, 0) is 26.0 Å². The standard InChI is InChI=1S/C19H26N6O2/c1-13(2)27-23-14(3)12-24-8-9-25(15(24)4)18-7-6-17(16(10-20)11-21)19(22-18)26-5/h6-7,10-11,20H,1,4,8-9,12,21H2,2-3,5H3/b16-11+,20-10?,23-14+. The van der Waals surface area contributed by atoms with E-state index >= 15 is 0 Å². The largest absolute Gasteiger partial charge is 0.480 e. The van der Waals surface area contributed by atoms with Crippen LogP contribution in [-0.4, -0.2) is 48.6 Å². The van der Waals surface area contributed by atoms with Gasteiger partial charge in [-0.15, -0.1) is 0 Å². The smallest absolute Gasteiger partial charge is 0.223 e. The van der Waals surface area contributed by atoms with Crippen molar-refractivity contribution in [2.75, 3.05) is 31.6 Å². The Bertz CT molecular complexity index is 799. The number of anilines is 1. The van der Waals surface area contributed by atoms with E-state index in [0.717, 1.165) is 30.4 Å². The molecular weight excluding hydrogens is 344 g/mol. The molecule has 0 saturated carbocycles. The van der Waals surface area contributed by atoms with Crippen molar-refractivity contribution < 1.29 is 9.57 Å². The first-order valence-corrected chi connectivity index (χ1v) is 8.46. The number of allylic oxidation sites excluding steroid dienone is 2. The monoisotopic (exact) mass is 370 g/mol. The van der Waals surface area contributed by atoms with Crippen LogP contribution in [-0.2, 0) is 4.84 Å². The number of hydrogen-bond acceptors (Lipinski definition) is 8. The lowest BCUT2D eigenvalue weighted by Crippen LogP contribution is -2.27. The van der Waals surface area contributed by atoms with Crippen LogP contribution in [0.1, 0.15) is 19.4 Å². The van der Waals surface area contributed by atoms with Gasteiger partial charge in [-0.3, -0.25) is 0 Å². The maximum Gasteiger partial charge on any atom is 0.223 e. The summed E-state index contributed by atoms with van der Waals surface area (Å²) in [5.74, 6) is 2.50. The number of hydrogen-bond donors (Lipinski definition) is 2. The fourth-order valence-electron chi connectivity index (χ4n) is 2.70. The SMILES string of the molecule is C=C(C)O/N=C(\C)CN1CCN(c2ccc(/C(C=N)=C/N)c(OC)n2)C1=C. The number of ether oxygens (including phenoxy) is 1. The average molecular weight is 370 g/mol. The van der Waals surface area contributed by atoms with Crippen LogP contribution in [0, 0.1) is 5.41 Å². The molecule has 1 aromatic rings. The number of methoxy groups -OCH3 is 1. The lowest BCUT2D eigenvalue weighted by Gasteiger charge is -2.23. The number of oxime groups is 1. The van der Waals surface area contributed by atoms with Crippen molar-refractivity contribution in [2.45, 2.75) is 13.8 Å². The second-order valence-electron chi connectivity index (χ2n) is 6.10. The summed E-state index contributed by atoms with van der Waals surface area (Å²) in [5, 5.41) is 11.5. The first-order valence-electron chi connectivity index (χ1n) is 8.46. The van der Waals surface area contributed by atoms with Gasteiger partial charge in [0.2, 0.25) is 5.88 Å². The molecule has 0 spiro atoms. The van der Waals surface area contributed by atoms with E-state index in [9.17, 15) is 0 Å². The van der Waals surface area contributed by atoms with E-state index in [2.05, 4.69) is 28.2 Å². The predicted molar refractivity (Wildman–Crippen MR) is 109 cm³/mol. The van der Waals surface area contributed by atoms with E-state index in [1.165, 1.54) is 12.4 Å². The van der Waals surface area contributed by atoms with Crippen LogP contribution < -0.4 is 15.4 Å². The van der Waals surface area contributed by atoms with E-state index < -0.39 is 0 Å². The Labute approximate surface area is 159 Å². The molecule has 27 heavy (non-hydrogen) atoms. The molecule has 0 amide bonds. The van der Waals surface area contributed by atoms with Crippen molar-refractivity contribution in [1.29, 1.82) is 5.41 Å². The number of nitrogens with zero attached hydrogens (tertiary/aromatic N) is 4. The molecule has 3 N–H and O–H groups in total. The lowest BCUT2D eigenvalue weighted by molar-refractivity contribution is 0.229. The van der Waals surface area contributed by atoms with Gasteiger partial charge in [0.15, 0.2) is 0 Å². The normalized spacial score (nSPS) is 15.1. The van der Waals surface area contributed by atoms with E-state index in [-0.39, 0.29) is 0 Å². The first-order chi connectivity index (χ1) is 12.9. The summed E-state index contributed by atoms with van der Waals surface area (Å²) >= 11 is 0. The number of pyridine rings is 1. The highest BCUT2D eigenvalue weighted by molar-refractivity contribution is 6.09. The summed E-state index contributed by atoms with van der Waals surface area (Å²) in [6.07, 6.45) is 2.53. The van der Waals surface area contributed by atoms with Crippen LogP contribution in [0.5, 0.6) is 5.88 Å². The Hall–Kier alpha value is -3.29. The third-order valence-corrected chi connectivity index (χ3v) is 4.01. The highest BCUT2D eigenvalue weighted by Gasteiger charge is 2.26. The molecule has 1 fully saturated rings. The summed E-state index contributed by atoms with van der Waals surface area (Å²) < 4.78 is 5.39. The zero-order valence-electron chi connectivity index (χ0n) is 16.0. The van der Waals surface area contributed by atoms with Crippen molar-refractivity contribution >= 4 is 23.3 Å². The van der Waals surface area contributed by atoms with Gasteiger partial charge in [0.05, 0.1) is 19.4 Å². The van der Waals surface area contributed by atoms with Gasteiger partial charge in [-0.1, -0.05) is 18.3 Å². The van der Waals surface area contributed by atoms with Crippen LogP contribution in [0.25, 0.3) is 5.57 Å². The highest BCUT2D eigenvalue weighted by atomic mass is 16.6. The van der Waals surface area contributed by atoms with Gasteiger partial charge in [-0.25, -0.2) is 0 Å². The molecule has 0 bridgehead atoms. The van der Waals surface area contributed by atoms with Crippen molar-refractivity contribution in [2.24, 2.45) is 10.9 Å². The first kappa shape index (κ1) is 20.0. The van der Waals surface area contributed by atoms with E-state index in [1.54, 1.807) is 14.0 Å². The van der Waals surface area contributed by atoms with Crippen molar-refractivity contribution in [3.8, 4) is 5.88 Å². The quantitative estimate of drug-likeness (QED) is 0.414. The van der Waals surface area contributed by atoms with Crippen LogP contribution in [0.3, 0.4) is 0 Å². The van der Waals surface area contributed by atoms with Gasteiger partial charge in [0.25, 0.3) is 0 Å². The molecule has 0 aliphatic carbocycles. The number of nitrogens with two attached hydrogens (primary N) is 1. The van der Waals surface area contributed by atoms with Gasteiger partial charge >= 0.3 is 0 Å². The molecule has 144 valence electrons. The molecule has 8 nitrogen and oxygen atoms in total. The maximum atomic E-state index is 7.46. The fourth-order valence-corrected chi connectivity index (χ4v) is 2.70. The topological polar surface area (TPSA) is 100 Å². The average Bonchev–Trinajstić information content (AvgIpc) is 3.01. The Morgan fingerprint density at radius 3 is 2.74 bits per heavy atom.